The van der Waals surface area contributed by atoms with Gasteiger partial charge in [0, 0.05) is 10.9 Å². The molecule has 0 unspecified atom stereocenters. The van der Waals surface area contributed by atoms with Gasteiger partial charge in [-0.05, 0) is 43.5 Å². The van der Waals surface area contributed by atoms with Crippen LogP contribution in [0.25, 0.3) is 5.69 Å². The Balaban J connectivity index is 2.65. The molecule has 0 amide bonds. The lowest BCUT2D eigenvalue weighted by atomic mass is 10.1. The van der Waals surface area contributed by atoms with Crippen LogP contribution in [0.4, 0.5) is 0 Å². The summed E-state index contributed by atoms with van der Waals surface area (Å²) < 4.78 is 2.65. The fourth-order valence-corrected chi connectivity index (χ4v) is 2.92. The standard InChI is InChI=1S/C14H16BrN3O2/c1-4-5-11-16-13(14(19)20)17-18(11)12-8(2)6-10(15)7-9(12)3/h6-7H,4-5H2,1-3H3,(H,19,20). The van der Waals surface area contributed by atoms with E-state index in [0.29, 0.717) is 12.2 Å². The molecule has 6 heteroatoms. The van der Waals surface area contributed by atoms with Crippen LogP contribution in [0.3, 0.4) is 0 Å². The van der Waals surface area contributed by atoms with Gasteiger partial charge >= 0.3 is 5.97 Å². The minimum Gasteiger partial charge on any atom is -0.475 e. The van der Waals surface area contributed by atoms with Gasteiger partial charge in [0.25, 0.3) is 5.82 Å². The highest BCUT2D eigenvalue weighted by Gasteiger charge is 2.18. The van der Waals surface area contributed by atoms with Crippen LogP contribution in [0.15, 0.2) is 16.6 Å². The molecule has 0 saturated heterocycles. The van der Waals surface area contributed by atoms with Crippen molar-refractivity contribution in [1.82, 2.24) is 14.8 Å². The molecule has 1 N–H and O–H groups in total. The van der Waals surface area contributed by atoms with Crippen molar-refractivity contribution < 1.29 is 9.90 Å². The third kappa shape index (κ3) is 2.75. The van der Waals surface area contributed by atoms with E-state index < -0.39 is 5.97 Å². The van der Waals surface area contributed by atoms with Crippen LogP contribution in [0.5, 0.6) is 0 Å². The zero-order valence-electron chi connectivity index (χ0n) is 11.6. The van der Waals surface area contributed by atoms with Crippen LogP contribution in [-0.4, -0.2) is 25.8 Å². The number of hydrogen-bond donors (Lipinski definition) is 1. The van der Waals surface area contributed by atoms with Crippen molar-refractivity contribution >= 4 is 21.9 Å². The maximum Gasteiger partial charge on any atom is 0.375 e. The third-order valence-corrected chi connectivity index (χ3v) is 3.46. The number of hydrogen-bond acceptors (Lipinski definition) is 3. The lowest BCUT2D eigenvalue weighted by Gasteiger charge is -2.12. The Labute approximate surface area is 125 Å². The van der Waals surface area contributed by atoms with Crippen LogP contribution in [0.1, 0.15) is 40.9 Å². The molecule has 1 aromatic carbocycles. The summed E-state index contributed by atoms with van der Waals surface area (Å²) in [6.07, 6.45) is 1.57. The molecule has 0 radical (unpaired) electrons. The van der Waals surface area contributed by atoms with Crippen molar-refractivity contribution in [2.45, 2.75) is 33.6 Å². The Hall–Kier alpha value is -1.69. The SMILES string of the molecule is CCCc1nc(C(=O)O)nn1-c1c(C)cc(Br)cc1C. The number of carbonyl (C=O) groups is 1. The van der Waals surface area contributed by atoms with Gasteiger partial charge in [-0.3, -0.25) is 0 Å². The Kier molecular flexibility index (Phi) is 4.23. The molecule has 0 atom stereocenters. The van der Waals surface area contributed by atoms with Crippen LogP contribution in [0, 0.1) is 13.8 Å². The van der Waals surface area contributed by atoms with Gasteiger partial charge < -0.3 is 5.11 Å². The summed E-state index contributed by atoms with van der Waals surface area (Å²) in [6.45, 7) is 5.98. The number of carboxylic acids is 1. The summed E-state index contributed by atoms with van der Waals surface area (Å²) in [5, 5.41) is 13.2. The average Bonchev–Trinajstić information content (AvgIpc) is 2.72. The van der Waals surface area contributed by atoms with E-state index in [-0.39, 0.29) is 5.82 Å². The maximum atomic E-state index is 11.1. The fourth-order valence-electron chi connectivity index (χ4n) is 2.24. The molecule has 1 heterocycles. The van der Waals surface area contributed by atoms with E-state index in [2.05, 4.69) is 26.0 Å². The Bertz CT molecular complexity index is 641. The van der Waals surface area contributed by atoms with Gasteiger partial charge in [-0.1, -0.05) is 22.9 Å². The molecular formula is C14H16BrN3O2. The molecule has 20 heavy (non-hydrogen) atoms. The van der Waals surface area contributed by atoms with Crippen molar-refractivity contribution in [3.8, 4) is 5.69 Å². The van der Waals surface area contributed by atoms with Gasteiger partial charge in [0.05, 0.1) is 5.69 Å². The van der Waals surface area contributed by atoms with Crippen molar-refractivity contribution in [2.24, 2.45) is 0 Å². The highest BCUT2D eigenvalue weighted by atomic mass is 79.9. The number of halogens is 1. The van der Waals surface area contributed by atoms with Crippen molar-refractivity contribution in [3.63, 3.8) is 0 Å². The zero-order chi connectivity index (χ0) is 14.9. The zero-order valence-corrected chi connectivity index (χ0v) is 13.2. The summed E-state index contributed by atoms with van der Waals surface area (Å²) >= 11 is 3.46. The quantitative estimate of drug-likeness (QED) is 0.929. The molecule has 2 rings (SSSR count). The number of nitrogens with zero attached hydrogens (tertiary/aromatic N) is 3. The second kappa shape index (κ2) is 5.75. The fraction of sp³-hybridized carbons (Fsp3) is 0.357. The second-order valence-corrected chi connectivity index (χ2v) is 5.62. The predicted molar refractivity (Wildman–Crippen MR) is 79.5 cm³/mol. The number of aromatic nitrogens is 3. The Morgan fingerprint density at radius 3 is 2.45 bits per heavy atom. The molecule has 0 aliphatic rings. The first-order valence-electron chi connectivity index (χ1n) is 6.40. The minimum absolute atomic E-state index is 0.157. The van der Waals surface area contributed by atoms with Crippen LogP contribution in [0.2, 0.25) is 0 Å². The maximum absolute atomic E-state index is 11.1. The van der Waals surface area contributed by atoms with Crippen LogP contribution < -0.4 is 0 Å². The topological polar surface area (TPSA) is 68.0 Å². The summed E-state index contributed by atoms with van der Waals surface area (Å²) in [7, 11) is 0. The van der Waals surface area contributed by atoms with Crippen molar-refractivity contribution in [2.75, 3.05) is 0 Å². The largest absolute Gasteiger partial charge is 0.475 e. The van der Waals surface area contributed by atoms with Gasteiger partial charge in [0.15, 0.2) is 0 Å². The lowest BCUT2D eigenvalue weighted by Crippen LogP contribution is -2.07. The molecule has 5 nitrogen and oxygen atoms in total. The van der Waals surface area contributed by atoms with E-state index in [1.807, 2.05) is 32.9 Å². The molecule has 0 bridgehead atoms. The van der Waals surface area contributed by atoms with E-state index >= 15 is 0 Å². The Morgan fingerprint density at radius 1 is 1.35 bits per heavy atom. The predicted octanol–water partition coefficient (Wildman–Crippen LogP) is 3.30. The van der Waals surface area contributed by atoms with E-state index in [1.54, 1.807) is 4.68 Å². The van der Waals surface area contributed by atoms with E-state index in [1.165, 1.54) is 0 Å². The Morgan fingerprint density at radius 2 is 1.95 bits per heavy atom. The van der Waals surface area contributed by atoms with Gasteiger partial charge in [0.1, 0.15) is 5.82 Å². The average molecular weight is 338 g/mol. The van der Waals surface area contributed by atoms with Crippen molar-refractivity contribution in [3.05, 3.63) is 39.4 Å². The number of aromatic carboxylic acids is 1. The van der Waals surface area contributed by atoms with Gasteiger partial charge in [-0.2, -0.15) is 0 Å². The van der Waals surface area contributed by atoms with Gasteiger partial charge in [-0.25, -0.2) is 14.5 Å². The molecule has 0 aliphatic carbocycles. The number of carboxylic acid groups (broad SMARTS) is 1. The number of benzene rings is 1. The molecule has 106 valence electrons. The smallest absolute Gasteiger partial charge is 0.375 e. The van der Waals surface area contributed by atoms with Crippen molar-refractivity contribution in [1.29, 1.82) is 0 Å². The third-order valence-electron chi connectivity index (χ3n) is 3.01. The molecule has 0 saturated carbocycles. The number of aryl methyl sites for hydroxylation is 3. The lowest BCUT2D eigenvalue weighted by molar-refractivity contribution is 0.0683. The summed E-state index contributed by atoms with van der Waals surface area (Å²) in [5.74, 6) is -0.581. The normalized spacial score (nSPS) is 10.8. The minimum atomic E-state index is -1.10. The first kappa shape index (κ1) is 14.7. The molecule has 2 aromatic rings. The van der Waals surface area contributed by atoms with E-state index in [0.717, 1.165) is 27.7 Å². The number of rotatable bonds is 4. The summed E-state index contributed by atoms with van der Waals surface area (Å²) in [5.41, 5.74) is 2.95. The molecular weight excluding hydrogens is 322 g/mol. The van der Waals surface area contributed by atoms with Gasteiger partial charge in [-0.15, -0.1) is 5.10 Å². The van der Waals surface area contributed by atoms with E-state index in [4.69, 9.17) is 5.11 Å². The highest BCUT2D eigenvalue weighted by Crippen LogP contribution is 2.25. The first-order chi connectivity index (χ1) is 9.43. The monoisotopic (exact) mass is 337 g/mol. The summed E-state index contributed by atoms with van der Waals surface area (Å²) in [6, 6.07) is 3.97. The molecule has 0 fully saturated rings. The van der Waals surface area contributed by atoms with Gasteiger partial charge in [0.2, 0.25) is 0 Å². The molecule has 0 spiro atoms. The summed E-state index contributed by atoms with van der Waals surface area (Å²) in [4.78, 5) is 15.2. The van der Waals surface area contributed by atoms with E-state index in [9.17, 15) is 4.79 Å². The van der Waals surface area contributed by atoms with Crippen LogP contribution >= 0.6 is 15.9 Å². The molecule has 1 aromatic heterocycles. The first-order valence-corrected chi connectivity index (χ1v) is 7.19. The van der Waals surface area contributed by atoms with Crippen LogP contribution in [-0.2, 0) is 6.42 Å². The highest BCUT2D eigenvalue weighted by molar-refractivity contribution is 9.10. The molecule has 0 aliphatic heterocycles. The second-order valence-electron chi connectivity index (χ2n) is 4.71.